The molecule has 2 nitrogen and oxygen atoms in total. The van der Waals surface area contributed by atoms with Crippen LogP contribution in [0.4, 0.5) is 0 Å². The van der Waals surface area contributed by atoms with Crippen LogP contribution in [0.5, 0.6) is 0 Å². The van der Waals surface area contributed by atoms with E-state index in [2.05, 4.69) is 19.2 Å². The molecule has 2 aliphatic carbocycles. The quantitative estimate of drug-likeness (QED) is 0.682. The molecule has 1 atom stereocenters. The standard InChI is InChI=1S/C13H25NO/c1-13(2)7-3-4-12(13)14-8-9-15-10-11-5-6-11/h11-12,14H,3-10H2,1-2H3. The molecule has 0 spiro atoms. The highest BCUT2D eigenvalue weighted by molar-refractivity contribution is 4.89. The molecule has 0 aromatic rings. The minimum absolute atomic E-state index is 0.497. The Labute approximate surface area is 93.8 Å². The molecule has 0 heterocycles. The first kappa shape index (κ1) is 11.4. The molecule has 1 N–H and O–H groups in total. The van der Waals surface area contributed by atoms with Crippen molar-refractivity contribution < 1.29 is 4.74 Å². The van der Waals surface area contributed by atoms with Crippen LogP contribution in [-0.4, -0.2) is 25.8 Å². The Kier molecular flexibility index (Phi) is 3.68. The van der Waals surface area contributed by atoms with Gasteiger partial charge in [0.2, 0.25) is 0 Å². The summed E-state index contributed by atoms with van der Waals surface area (Å²) in [5.41, 5.74) is 0.497. The summed E-state index contributed by atoms with van der Waals surface area (Å²) in [4.78, 5) is 0. The smallest absolute Gasteiger partial charge is 0.0591 e. The van der Waals surface area contributed by atoms with E-state index in [-0.39, 0.29) is 0 Å². The predicted molar refractivity (Wildman–Crippen MR) is 63.0 cm³/mol. The SMILES string of the molecule is CC1(C)CCCC1NCCOCC1CC1. The van der Waals surface area contributed by atoms with Crippen LogP contribution in [0, 0.1) is 11.3 Å². The first-order valence-corrected chi connectivity index (χ1v) is 6.49. The molecule has 2 aliphatic rings. The Hall–Kier alpha value is -0.0800. The molecule has 2 rings (SSSR count). The topological polar surface area (TPSA) is 21.3 Å². The maximum absolute atomic E-state index is 5.62. The zero-order chi connectivity index (χ0) is 10.7. The highest BCUT2D eigenvalue weighted by Crippen LogP contribution is 2.36. The fourth-order valence-electron chi connectivity index (χ4n) is 2.54. The van der Waals surface area contributed by atoms with Gasteiger partial charge in [0.1, 0.15) is 0 Å². The average molecular weight is 211 g/mol. The van der Waals surface area contributed by atoms with Crippen molar-refractivity contribution in [3.63, 3.8) is 0 Å². The maximum atomic E-state index is 5.62. The molecule has 88 valence electrons. The lowest BCUT2D eigenvalue weighted by Crippen LogP contribution is -2.39. The summed E-state index contributed by atoms with van der Waals surface area (Å²) in [6.45, 7) is 7.67. The van der Waals surface area contributed by atoms with Gasteiger partial charge in [0, 0.05) is 19.2 Å². The molecule has 0 aromatic carbocycles. The summed E-state index contributed by atoms with van der Waals surface area (Å²) in [6.07, 6.45) is 6.88. The number of hydrogen-bond acceptors (Lipinski definition) is 2. The van der Waals surface area contributed by atoms with Gasteiger partial charge in [-0.05, 0) is 37.0 Å². The van der Waals surface area contributed by atoms with Gasteiger partial charge in [0.05, 0.1) is 6.61 Å². The molecule has 0 bridgehead atoms. The molecule has 0 radical (unpaired) electrons. The second-order valence-corrected chi connectivity index (χ2v) is 5.91. The molecular weight excluding hydrogens is 186 g/mol. The molecule has 2 saturated carbocycles. The van der Waals surface area contributed by atoms with Crippen molar-refractivity contribution in [2.45, 2.75) is 52.0 Å². The maximum Gasteiger partial charge on any atom is 0.0591 e. The van der Waals surface area contributed by atoms with Crippen LogP contribution >= 0.6 is 0 Å². The van der Waals surface area contributed by atoms with Gasteiger partial charge in [-0.25, -0.2) is 0 Å². The summed E-state index contributed by atoms with van der Waals surface area (Å²) >= 11 is 0. The van der Waals surface area contributed by atoms with Gasteiger partial charge >= 0.3 is 0 Å². The van der Waals surface area contributed by atoms with Crippen molar-refractivity contribution in [3.05, 3.63) is 0 Å². The Morgan fingerprint density at radius 2 is 2.07 bits per heavy atom. The number of hydrogen-bond donors (Lipinski definition) is 1. The minimum Gasteiger partial charge on any atom is -0.380 e. The largest absolute Gasteiger partial charge is 0.380 e. The van der Waals surface area contributed by atoms with Crippen LogP contribution in [0.3, 0.4) is 0 Å². The Morgan fingerprint density at radius 3 is 2.67 bits per heavy atom. The highest BCUT2D eigenvalue weighted by Gasteiger charge is 2.33. The van der Waals surface area contributed by atoms with Crippen LogP contribution in [0.25, 0.3) is 0 Å². The van der Waals surface area contributed by atoms with E-state index >= 15 is 0 Å². The van der Waals surface area contributed by atoms with E-state index in [1.807, 2.05) is 0 Å². The van der Waals surface area contributed by atoms with Crippen LogP contribution in [0.15, 0.2) is 0 Å². The summed E-state index contributed by atoms with van der Waals surface area (Å²) in [6, 6.07) is 0.710. The third-order valence-corrected chi connectivity index (χ3v) is 3.94. The summed E-state index contributed by atoms with van der Waals surface area (Å²) in [5.74, 6) is 0.896. The average Bonchev–Trinajstić information content (AvgIpc) is 2.92. The molecule has 0 amide bonds. The van der Waals surface area contributed by atoms with Gasteiger partial charge in [-0.2, -0.15) is 0 Å². The van der Waals surface area contributed by atoms with Gasteiger partial charge in [-0.15, -0.1) is 0 Å². The minimum atomic E-state index is 0.497. The van der Waals surface area contributed by atoms with Crippen LogP contribution < -0.4 is 5.32 Å². The zero-order valence-corrected chi connectivity index (χ0v) is 10.2. The van der Waals surface area contributed by atoms with E-state index in [1.165, 1.54) is 32.1 Å². The first-order chi connectivity index (χ1) is 7.18. The van der Waals surface area contributed by atoms with E-state index in [4.69, 9.17) is 4.74 Å². The third kappa shape index (κ3) is 3.46. The van der Waals surface area contributed by atoms with Crippen LogP contribution in [0.2, 0.25) is 0 Å². The van der Waals surface area contributed by atoms with Gasteiger partial charge in [-0.3, -0.25) is 0 Å². The Bertz CT molecular complexity index is 199. The second kappa shape index (κ2) is 4.84. The lowest BCUT2D eigenvalue weighted by molar-refractivity contribution is 0.120. The van der Waals surface area contributed by atoms with Gasteiger partial charge in [-0.1, -0.05) is 20.3 Å². The van der Waals surface area contributed by atoms with E-state index in [1.54, 1.807) is 0 Å². The third-order valence-electron chi connectivity index (χ3n) is 3.94. The molecule has 15 heavy (non-hydrogen) atoms. The Morgan fingerprint density at radius 1 is 1.27 bits per heavy atom. The van der Waals surface area contributed by atoms with Crippen LogP contribution in [0.1, 0.15) is 46.0 Å². The van der Waals surface area contributed by atoms with E-state index in [9.17, 15) is 0 Å². The van der Waals surface area contributed by atoms with E-state index in [0.29, 0.717) is 11.5 Å². The molecule has 2 fully saturated rings. The zero-order valence-electron chi connectivity index (χ0n) is 10.2. The molecule has 2 heteroatoms. The lowest BCUT2D eigenvalue weighted by Gasteiger charge is -2.27. The number of ether oxygens (including phenoxy) is 1. The lowest BCUT2D eigenvalue weighted by atomic mass is 9.87. The summed E-state index contributed by atoms with van der Waals surface area (Å²) < 4.78 is 5.62. The molecule has 0 aliphatic heterocycles. The van der Waals surface area contributed by atoms with Crippen molar-refractivity contribution in [3.8, 4) is 0 Å². The van der Waals surface area contributed by atoms with Gasteiger partial charge in [0.25, 0.3) is 0 Å². The summed E-state index contributed by atoms with van der Waals surface area (Å²) in [5, 5.41) is 3.64. The van der Waals surface area contributed by atoms with Crippen molar-refractivity contribution in [1.82, 2.24) is 5.32 Å². The van der Waals surface area contributed by atoms with Crippen molar-refractivity contribution >= 4 is 0 Å². The van der Waals surface area contributed by atoms with E-state index in [0.717, 1.165) is 25.7 Å². The number of nitrogens with one attached hydrogen (secondary N) is 1. The van der Waals surface area contributed by atoms with Crippen molar-refractivity contribution in [2.75, 3.05) is 19.8 Å². The van der Waals surface area contributed by atoms with Gasteiger partial charge < -0.3 is 10.1 Å². The summed E-state index contributed by atoms with van der Waals surface area (Å²) in [7, 11) is 0. The fraction of sp³-hybridized carbons (Fsp3) is 1.00. The molecule has 1 unspecified atom stereocenters. The van der Waals surface area contributed by atoms with Crippen molar-refractivity contribution in [2.24, 2.45) is 11.3 Å². The number of rotatable bonds is 6. The normalized spacial score (nSPS) is 29.6. The predicted octanol–water partition coefficient (Wildman–Crippen LogP) is 2.58. The molecule has 0 aromatic heterocycles. The van der Waals surface area contributed by atoms with E-state index < -0.39 is 0 Å². The van der Waals surface area contributed by atoms with Gasteiger partial charge in [0.15, 0.2) is 0 Å². The first-order valence-electron chi connectivity index (χ1n) is 6.49. The Balaban J connectivity index is 1.52. The fourth-order valence-corrected chi connectivity index (χ4v) is 2.54. The van der Waals surface area contributed by atoms with Crippen molar-refractivity contribution in [1.29, 1.82) is 0 Å². The second-order valence-electron chi connectivity index (χ2n) is 5.91. The van der Waals surface area contributed by atoms with Crippen LogP contribution in [-0.2, 0) is 4.74 Å². The highest BCUT2D eigenvalue weighted by atomic mass is 16.5. The molecule has 0 saturated heterocycles. The monoisotopic (exact) mass is 211 g/mol. The molecular formula is C13H25NO.